The molecular formula is C13H13BrFN3O. The molecule has 19 heavy (non-hydrogen) atoms. The maximum atomic E-state index is 13.8. The van der Waals surface area contributed by atoms with E-state index in [9.17, 15) is 9.18 Å². The van der Waals surface area contributed by atoms with Crippen molar-refractivity contribution < 1.29 is 9.18 Å². The minimum atomic E-state index is -0.550. The van der Waals surface area contributed by atoms with Crippen LogP contribution in [0.3, 0.4) is 0 Å². The molecule has 0 aliphatic carbocycles. The van der Waals surface area contributed by atoms with Gasteiger partial charge >= 0.3 is 0 Å². The summed E-state index contributed by atoms with van der Waals surface area (Å²) in [6.45, 7) is 2.38. The van der Waals surface area contributed by atoms with Crippen molar-refractivity contribution in [2.45, 2.75) is 19.5 Å². The van der Waals surface area contributed by atoms with Crippen molar-refractivity contribution in [2.24, 2.45) is 0 Å². The Morgan fingerprint density at radius 2 is 2.32 bits per heavy atom. The highest BCUT2D eigenvalue weighted by Gasteiger charge is 2.15. The maximum absolute atomic E-state index is 13.8. The first kappa shape index (κ1) is 13.7. The third-order valence-electron chi connectivity index (χ3n) is 2.59. The lowest BCUT2D eigenvalue weighted by molar-refractivity contribution is 0.0932. The van der Waals surface area contributed by atoms with E-state index in [2.05, 4.69) is 26.3 Å². The van der Waals surface area contributed by atoms with Crippen molar-refractivity contribution in [1.82, 2.24) is 15.1 Å². The molecule has 4 nitrogen and oxygen atoms in total. The fraction of sp³-hybridized carbons (Fsp3) is 0.231. The normalized spacial score (nSPS) is 12.2. The first-order valence-corrected chi connectivity index (χ1v) is 6.59. The molecule has 1 atom stereocenters. The lowest BCUT2D eigenvalue weighted by Gasteiger charge is -2.14. The number of hydrogen-bond donors (Lipinski definition) is 1. The van der Waals surface area contributed by atoms with Gasteiger partial charge in [0.15, 0.2) is 0 Å². The molecule has 1 N–H and O–H groups in total. The number of halogens is 2. The van der Waals surface area contributed by atoms with Crippen LogP contribution in [0.25, 0.3) is 0 Å². The van der Waals surface area contributed by atoms with E-state index in [1.165, 1.54) is 6.07 Å². The van der Waals surface area contributed by atoms with Gasteiger partial charge in [0.05, 0.1) is 16.6 Å². The zero-order valence-corrected chi connectivity index (χ0v) is 11.9. The zero-order valence-electron chi connectivity index (χ0n) is 10.3. The Kier molecular flexibility index (Phi) is 4.31. The van der Waals surface area contributed by atoms with Gasteiger partial charge in [0, 0.05) is 18.4 Å². The van der Waals surface area contributed by atoms with Crippen molar-refractivity contribution in [1.29, 1.82) is 0 Å². The Morgan fingerprint density at radius 1 is 1.53 bits per heavy atom. The van der Waals surface area contributed by atoms with E-state index in [1.807, 2.05) is 19.2 Å². The third kappa shape index (κ3) is 3.41. The summed E-state index contributed by atoms with van der Waals surface area (Å²) >= 11 is 3.06. The summed E-state index contributed by atoms with van der Waals surface area (Å²) in [5, 5.41) is 6.79. The van der Waals surface area contributed by atoms with Crippen LogP contribution in [0.4, 0.5) is 4.39 Å². The van der Waals surface area contributed by atoms with Gasteiger partial charge < -0.3 is 5.32 Å². The van der Waals surface area contributed by atoms with Crippen LogP contribution < -0.4 is 5.32 Å². The second-order valence-electron chi connectivity index (χ2n) is 4.20. The van der Waals surface area contributed by atoms with Gasteiger partial charge in [-0.1, -0.05) is 6.07 Å². The van der Waals surface area contributed by atoms with E-state index in [4.69, 9.17) is 0 Å². The molecule has 1 amide bonds. The summed E-state index contributed by atoms with van der Waals surface area (Å²) < 4.78 is 15.7. The summed E-state index contributed by atoms with van der Waals surface area (Å²) in [6.07, 6.45) is 3.48. The van der Waals surface area contributed by atoms with E-state index >= 15 is 0 Å². The zero-order chi connectivity index (χ0) is 13.8. The van der Waals surface area contributed by atoms with E-state index in [1.54, 1.807) is 23.0 Å². The average molecular weight is 326 g/mol. The van der Waals surface area contributed by atoms with Crippen LogP contribution in [0.2, 0.25) is 0 Å². The van der Waals surface area contributed by atoms with Crippen molar-refractivity contribution in [3.8, 4) is 0 Å². The number of carbonyl (C=O) groups excluding carboxylic acids is 1. The predicted molar refractivity (Wildman–Crippen MR) is 73.3 cm³/mol. The quantitative estimate of drug-likeness (QED) is 0.939. The number of benzene rings is 1. The van der Waals surface area contributed by atoms with Crippen molar-refractivity contribution in [2.75, 3.05) is 0 Å². The standard InChI is InChI=1S/C13H13BrFN3O/c1-9(8-18-7-3-6-16-18)17-13(19)10-4-2-5-11(14)12(10)15/h2-7,9H,8H2,1H3,(H,17,19). The molecule has 100 valence electrons. The summed E-state index contributed by atoms with van der Waals surface area (Å²) in [5.74, 6) is -0.982. The van der Waals surface area contributed by atoms with E-state index in [0.717, 1.165) is 0 Å². The van der Waals surface area contributed by atoms with Gasteiger partial charge in [0.25, 0.3) is 5.91 Å². The first-order valence-electron chi connectivity index (χ1n) is 5.80. The fourth-order valence-corrected chi connectivity index (χ4v) is 2.08. The van der Waals surface area contributed by atoms with Gasteiger partial charge in [0.2, 0.25) is 0 Å². The molecule has 6 heteroatoms. The highest BCUT2D eigenvalue weighted by molar-refractivity contribution is 9.10. The van der Waals surface area contributed by atoms with Crippen LogP contribution in [0.15, 0.2) is 41.1 Å². The van der Waals surface area contributed by atoms with Crippen LogP contribution in [0.5, 0.6) is 0 Å². The van der Waals surface area contributed by atoms with Crippen molar-refractivity contribution in [3.05, 3.63) is 52.5 Å². The molecule has 2 rings (SSSR count). The molecule has 0 radical (unpaired) electrons. The second-order valence-corrected chi connectivity index (χ2v) is 5.06. The highest BCUT2D eigenvalue weighted by atomic mass is 79.9. The maximum Gasteiger partial charge on any atom is 0.254 e. The average Bonchev–Trinajstić information content (AvgIpc) is 2.85. The minimum Gasteiger partial charge on any atom is -0.348 e. The molecule has 0 aliphatic rings. The van der Waals surface area contributed by atoms with E-state index in [0.29, 0.717) is 6.54 Å². The molecule has 1 aromatic carbocycles. The van der Waals surface area contributed by atoms with Gasteiger partial charge in [-0.2, -0.15) is 5.10 Å². The topological polar surface area (TPSA) is 46.9 Å². The monoisotopic (exact) mass is 325 g/mol. The molecule has 1 unspecified atom stereocenters. The van der Waals surface area contributed by atoms with Gasteiger partial charge in [-0.3, -0.25) is 9.48 Å². The van der Waals surface area contributed by atoms with E-state index in [-0.39, 0.29) is 16.1 Å². The molecular weight excluding hydrogens is 313 g/mol. The van der Waals surface area contributed by atoms with Crippen molar-refractivity contribution >= 4 is 21.8 Å². The Bertz CT molecular complexity index is 571. The molecule has 2 aromatic rings. The molecule has 1 heterocycles. The summed E-state index contributed by atoms with van der Waals surface area (Å²) in [7, 11) is 0. The second kappa shape index (κ2) is 5.97. The van der Waals surface area contributed by atoms with Gasteiger partial charge in [0.1, 0.15) is 5.82 Å². The smallest absolute Gasteiger partial charge is 0.254 e. The number of rotatable bonds is 4. The molecule has 0 saturated heterocycles. The molecule has 1 aromatic heterocycles. The van der Waals surface area contributed by atoms with E-state index < -0.39 is 11.7 Å². The Labute approximate surface area is 118 Å². The summed E-state index contributed by atoms with van der Waals surface area (Å²) in [5.41, 5.74) is 0.0293. The lowest BCUT2D eigenvalue weighted by atomic mass is 10.2. The summed E-state index contributed by atoms with van der Waals surface area (Å²) in [6, 6.07) is 6.30. The van der Waals surface area contributed by atoms with Crippen LogP contribution in [-0.4, -0.2) is 21.7 Å². The minimum absolute atomic E-state index is 0.0293. The Balaban J connectivity index is 2.02. The first-order chi connectivity index (χ1) is 9.08. The summed E-state index contributed by atoms with van der Waals surface area (Å²) in [4.78, 5) is 12.0. The van der Waals surface area contributed by atoms with Crippen LogP contribution >= 0.6 is 15.9 Å². The number of carbonyl (C=O) groups is 1. The van der Waals surface area contributed by atoms with Crippen LogP contribution in [0, 0.1) is 5.82 Å². The van der Waals surface area contributed by atoms with Gasteiger partial charge in [-0.25, -0.2) is 4.39 Å². The van der Waals surface area contributed by atoms with Gasteiger partial charge in [-0.15, -0.1) is 0 Å². The molecule has 0 saturated carbocycles. The number of amides is 1. The molecule has 0 aliphatic heterocycles. The molecule has 0 spiro atoms. The Morgan fingerprint density at radius 3 is 3.00 bits per heavy atom. The number of hydrogen-bond acceptors (Lipinski definition) is 2. The molecule has 0 bridgehead atoms. The van der Waals surface area contributed by atoms with Crippen LogP contribution in [0.1, 0.15) is 17.3 Å². The third-order valence-corrected chi connectivity index (χ3v) is 3.21. The number of aromatic nitrogens is 2. The lowest BCUT2D eigenvalue weighted by Crippen LogP contribution is -2.36. The number of nitrogens with one attached hydrogen (secondary N) is 1. The van der Waals surface area contributed by atoms with Crippen molar-refractivity contribution in [3.63, 3.8) is 0 Å². The number of nitrogens with zero attached hydrogens (tertiary/aromatic N) is 2. The fourth-order valence-electron chi connectivity index (χ4n) is 1.72. The van der Waals surface area contributed by atoms with Crippen LogP contribution in [-0.2, 0) is 6.54 Å². The SMILES string of the molecule is CC(Cn1cccn1)NC(=O)c1cccc(Br)c1F. The Hall–Kier alpha value is -1.69. The van der Waals surface area contributed by atoms with Gasteiger partial charge in [-0.05, 0) is 41.1 Å². The predicted octanol–water partition coefficient (Wildman–Crippen LogP) is 2.60. The molecule has 0 fully saturated rings. The highest BCUT2D eigenvalue weighted by Crippen LogP contribution is 2.18. The largest absolute Gasteiger partial charge is 0.348 e.